The molecule has 2 aliphatic rings. The molecule has 2 aliphatic heterocycles. The van der Waals surface area contributed by atoms with Crippen LogP contribution in [0.25, 0.3) is 11.1 Å². The van der Waals surface area contributed by atoms with Crippen molar-refractivity contribution in [2.75, 3.05) is 13.1 Å². The van der Waals surface area contributed by atoms with E-state index >= 15 is 0 Å². The van der Waals surface area contributed by atoms with E-state index in [4.69, 9.17) is 0 Å². The number of aromatic nitrogens is 2. The lowest BCUT2D eigenvalue weighted by Gasteiger charge is -2.43. The number of benzene rings is 1. The zero-order valence-electron chi connectivity index (χ0n) is 17.3. The maximum absolute atomic E-state index is 12.7. The number of halogens is 3. The monoisotopic (exact) mass is 441 g/mol. The molecule has 32 heavy (non-hydrogen) atoms. The minimum absolute atomic E-state index is 0.0337. The summed E-state index contributed by atoms with van der Waals surface area (Å²) in [6, 6.07) is 15.1. The van der Waals surface area contributed by atoms with E-state index in [2.05, 4.69) is 14.6 Å². The summed E-state index contributed by atoms with van der Waals surface area (Å²) in [6.45, 7) is 3.11. The van der Waals surface area contributed by atoms with E-state index in [-0.39, 0.29) is 17.2 Å². The number of piperidine rings is 1. The van der Waals surface area contributed by atoms with E-state index in [1.54, 1.807) is 30.5 Å². The molecule has 4 heterocycles. The third kappa shape index (κ3) is 4.27. The smallest absolute Gasteiger partial charge is 0.406 e. The molecule has 5 rings (SSSR count). The second-order valence-corrected chi connectivity index (χ2v) is 8.47. The number of hydrogen-bond acceptors (Lipinski definition) is 4. The number of pyridine rings is 2. The molecule has 3 aromatic rings. The average molecular weight is 441 g/mol. The number of ether oxygens (including phenoxy) is 1. The Morgan fingerprint density at radius 3 is 2.53 bits per heavy atom. The number of nitrogens with zero attached hydrogens (tertiary/aromatic N) is 3. The van der Waals surface area contributed by atoms with Gasteiger partial charge in [0.2, 0.25) is 0 Å². The molecule has 0 unspecified atom stereocenters. The fraction of sp³-hybridized carbons (Fsp3) is 0.333. The van der Waals surface area contributed by atoms with Crippen LogP contribution >= 0.6 is 0 Å². The van der Waals surface area contributed by atoms with Crippen LogP contribution in [0.2, 0.25) is 0 Å². The van der Waals surface area contributed by atoms with Crippen molar-refractivity contribution in [3.05, 3.63) is 82.5 Å². The quantitative estimate of drug-likeness (QED) is 0.601. The van der Waals surface area contributed by atoms with Crippen LogP contribution < -0.4 is 10.3 Å². The highest BCUT2D eigenvalue weighted by atomic mass is 19.4. The first-order chi connectivity index (χ1) is 15.4. The average Bonchev–Trinajstić information content (AvgIpc) is 2.75. The molecule has 2 atom stereocenters. The van der Waals surface area contributed by atoms with Crippen LogP contribution in [-0.2, 0) is 13.1 Å². The Bertz CT molecular complexity index is 1160. The summed E-state index contributed by atoms with van der Waals surface area (Å²) in [5.74, 6) is 0.282. The molecule has 166 valence electrons. The Kier molecular flexibility index (Phi) is 5.25. The summed E-state index contributed by atoms with van der Waals surface area (Å²) in [6.07, 6.45) is -1.95. The van der Waals surface area contributed by atoms with Gasteiger partial charge in [-0.2, -0.15) is 0 Å². The molecular weight excluding hydrogens is 419 g/mol. The maximum Gasteiger partial charge on any atom is 0.573 e. The third-order valence-corrected chi connectivity index (χ3v) is 6.18. The van der Waals surface area contributed by atoms with Crippen LogP contribution in [0.4, 0.5) is 13.2 Å². The van der Waals surface area contributed by atoms with Gasteiger partial charge in [0.15, 0.2) is 0 Å². The molecule has 0 saturated carbocycles. The molecule has 0 N–H and O–H groups in total. The normalized spacial score (nSPS) is 20.6. The molecule has 1 fully saturated rings. The number of rotatable bonds is 4. The van der Waals surface area contributed by atoms with E-state index in [9.17, 15) is 18.0 Å². The third-order valence-electron chi connectivity index (χ3n) is 6.18. The molecule has 2 bridgehead atoms. The fourth-order valence-corrected chi connectivity index (χ4v) is 5.04. The lowest BCUT2D eigenvalue weighted by molar-refractivity contribution is -0.274. The van der Waals surface area contributed by atoms with E-state index < -0.39 is 6.36 Å². The highest BCUT2D eigenvalue weighted by Crippen LogP contribution is 2.40. The SMILES string of the molecule is O=c1ccc(-c2ccc(OC(F)(F)F)cc2)c2n1C[C@H]1C[C@@H]2CN(Cc2ccccn2)C1. The standard InChI is InChI=1S/C24H22F3N3O2/c25-24(26,27)32-20-6-4-17(5-7-20)21-8-9-22(31)30-13-16-11-18(23(21)30)14-29(12-16)15-19-3-1-2-10-28-19/h1-10,16,18H,11-15H2/t16-,18+/m0/s1. The molecule has 1 aromatic carbocycles. The maximum atomic E-state index is 12.7. The summed E-state index contributed by atoms with van der Waals surface area (Å²) >= 11 is 0. The number of fused-ring (bicyclic) bond motifs is 4. The van der Waals surface area contributed by atoms with Crippen LogP contribution in [0, 0.1) is 5.92 Å². The van der Waals surface area contributed by atoms with Crippen molar-refractivity contribution >= 4 is 0 Å². The molecule has 5 nitrogen and oxygen atoms in total. The molecule has 8 heteroatoms. The van der Waals surface area contributed by atoms with Gasteiger partial charge in [0.1, 0.15) is 5.75 Å². The van der Waals surface area contributed by atoms with Crippen molar-refractivity contribution in [2.45, 2.75) is 31.8 Å². The topological polar surface area (TPSA) is 47.4 Å². The molecular formula is C24H22F3N3O2. The predicted octanol–water partition coefficient (Wildman–Crippen LogP) is 4.43. The van der Waals surface area contributed by atoms with Crippen molar-refractivity contribution in [2.24, 2.45) is 5.92 Å². The Hall–Kier alpha value is -3.13. The van der Waals surface area contributed by atoms with Crippen LogP contribution in [0.3, 0.4) is 0 Å². The van der Waals surface area contributed by atoms with E-state index in [1.165, 1.54) is 12.1 Å². The molecule has 0 aliphatic carbocycles. The number of likely N-dealkylation sites (tertiary alicyclic amines) is 1. The van der Waals surface area contributed by atoms with Crippen molar-refractivity contribution in [3.63, 3.8) is 0 Å². The Balaban J connectivity index is 1.46. The van der Waals surface area contributed by atoms with Gasteiger partial charge in [-0.05, 0) is 48.2 Å². The van der Waals surface area contributed by atoms with Gasteiger partial charge < -0.3 is 9.30 Å². The summed E-state index contributed by atoms with van der Waals surface area (Å²) in [5.41, 5.74) is 3.59. The molecule has 0 amide bonds. The zero-order valence-corrected chi connectivity index (χ0v) is 17.3. The van der Waals surface area contributed by atoms with Crippen LogP contribution in [0.5, 0.6) is 5.75 Å². The van der Waals surface area contributed by atoms with Crippen molar-refractivity contribution < 1.29 is 17.9 Å². The van der Waals surface area contributed by atoms with Gasteiger partial charge in [0, 0.05) is 55.6 Å². The minimum Gasteiger partial charge on any atom is -0.406 e. The first kappa shape index (κ1) is 20.8. The van der Waals surface area contributed by atoms with Crippen LogP contribution in [0.15, 0.2) is 65.6 Å². The van der Waals surface area contributed by atoms with Gasteiger partial charge in [-0.25, -0.2) is 0 Å². The number of alkyl halides is 3. The lowest BCUT2D eigenvalue weighted by Crippen LogP contribution is -2.47. The van der Waals surface area contributed by atoms with Gasteiger partial charge in [0.25, 0.3) is 5.56 Å². The molecule has 2 aromatic heterocycles. The highest BCUT2D eigenvalue weighted by Gasteiger charge is 2.36. The van der Waals surface area contributed by atoms with Crippen molar-refractivity contribution in [1.82, 2.24) is 14.5 Å². The summed E-state index contributed by atoms with van der Waals surface area (Å²) in [4.78, 5) is 19.5. The fourth-order valence-electron chi connectivity index (χ4n) is 5.04. The van der Waals surface area contributed by atoms with E-state index in [1.807, 2.05) is 22.8 Å². The molecule has 0 spiro atoms. The van der Waals surface area contributed by atoms with Gasteiger partial charge >= 0.3 is 6.36 Å². The summed E-state index contributed by atoms with van der Waals surface area (Å²) in [7, 11) is 0. The van der Waals surface area contributed by atoms with Crippen LogP contribution in [-0.4, -0.2) is 33.9 Å². The van der Waals surface area contributed by atoms with Gasteiger partial charge in [-0.1, -0.05) is 18.2 Å². The van der Waals surface area contributed by atoms with Gasteiger partial charge in [-0.15, -0.1) is 13.2 Å². The second kappa shape index (κ2) is 8.09. The highest BCUT2D eigenvalue weighted by molar-refractivity contribution is 5.67. The Morgan fingerprint density at radius 1 is 1.00 bits per heavy atom. The Morgan fingerprint density at radius 2 is 1.81 bits per heavy atom. The number of hydrogen-bond donors (Lipinski definition) is 0. The molecule has 1 saturated heterocycles. The van der Waals surface area contributed by atoms with Gasteiger partial charge in [0.05, 0.1) is 5.69 Å². The molecule has 0 radical (unpaired) electrons. The van der Waals surface area contributed by atoms with E-state index in [0.717, 1.165) is 48.6 Å². The first-order valence-corrected chi connectivity index (χ1v) is 10.6. The first-order valence-electron chi connectivity index (χ1n) is 10.6. The van der Waals surface area contributed by atoms with Crippen molar-refractivity contribution in [1.29, 1.82) is 0 Å². The van der Waals surface area contributed by atoms with E-state index in [0.29, 0.717) is 12.5 Å². The Labute approximate surface area is 183 Å². The predicted molar refractivity (Wildman–Crippen MR) is 113 cm³/mol. The lowest BCUT2D eigenvalue weighted by atomic mass is 9.80. The zero-order chi connectivity index (χ0) is 22.3. The second-order valence-electron chi connectivity index (χ2n) is 8.47. The largest absolute Gasteiger partial charge is 0.573 e. The van der Waals surface area contributed by atoms with Crippen molar-refractivity contribution in [3.8, 4) is 16.9 Å². The van der Waals surface area contributed by atoms with Gasteiger partial charge in [-0.3, -0.25) is 14.7 Å². The van der Waals surface area contributed by atoms with Crippen LogP contribution in [0.1, 0.15) is 23.7 Å². The summed E-state index contributed by atoms with van der Waals surface area (Å²) in [5, 5.41) is 0. The summed E-state index contributed by atoms with van der Waals surface area (Å²) < 4.78 is 43.3. The minimum atomic E-state index is -4.73.